The van der Waals surface area contributed by atoms with Gasteiger partial charge in [-0.3, -0.25) is 9.59 Å². The van der Waals surface area contributed by atoms with Gasteiger partial charge in [0.05, 0.1) is 12.0 Å². The highest BCUT2D eigenvalue weighted by molar-refractivity contribution is 5.85. The molecule has 1 aromatic carbocycles. The van der Waals surface area contributed by atoms with Crippen LogP contribution in [-0.2, 0) is 9.59 Å². The molecule has 2 fully saturated rings. The minimum Gasteiger partial charge on any atom is -0.342 e. The summed E-state index contributed by atoms with van der Waals surface area (Å²) in [6.07, 6.45) is 3.31. The molecule has 0 aliphatic carbocycles. The van der Waals surface area contributed by atoms with E-state index < -0.39 is 0 Å². The van der Waals surface area contributed by atoms with Crippen molar-refractivity contribution in [3.8, 4) is 0 Å². The summed E-state index contributed by atoms with van der Waals surface area (Å²) >= 11 is 0. The monoisotopic (exact) mass is 314 g/mol. The van der Waals surface area contributed by atoms with Gasteiger partial charge in [0.25, 0.3) is 0 Å². The van der Waals surface area contributed by atoms with E-state index in [0.29, 0.717) is 18.8 Å². The summed E-state index contributed by atoms with van der Waals surface area (Å²) in [4.78, 5) is 29.0. The maximum Gasteiger partial charge on any atom is 0.228 e. The second kappa shape index (κ2) is 6.73. The summed E-state index contributed by atoms with van der Waals surface area (Å²) in [7, 11) is 1.83. The van der Waals surface area contributed by atoms with Crippen molar-refractivity contribution in [1.29, 1.82) is 0 Å². The van der Waals surface area contributed by atoms with Gasteiger partial charge in [-0.1, -0.05) is 37.3 Å². The largest absolute Gasteiger partial charge is 0.342 e. The quantitative estimate of drug-likeness (QED) is 0.842. The fourth-order valence-corrected chi connectivity index (χ4v) is 3.87. The predicted molar refractivity (Wildman–Crippen MR) is 89.7 cm³/mol. The van der Waals surface area contributed by atoms with Crippen molar-refractivity contribution in [2.75, 3.05) is 20.1 Å². The van der Waals surface area contributed by atoms with Crippen LogP contribution in [0.15, 0.2) is 30.3 Å². The molecule has 2 amide bonds. The van der Waals surface area contributed by atoms with E-state index in [-0.39, 0.29) is 23.8 Å². The average molecular weight is 314 g/mol. The third-order valence-electron chi connectivity index (χ3n) is 5.41. The van der Waals surface area contributed by atoms with Gasteiger partial charge in [-0.05, 0) is 30.7 Å². The van der Waals surface area contributed by atoms with Gasteiger partial charge < -0.3 is 9.80 Å². The number of carbonyl (C=O) groups is 2. The van der Waals surface area contributed by atoms with Crippen molar-refractivity contribution >= 4 is 11.8 Å². The summed E-state index contributed by atoms with van der Waals surface area (Å²) in [5.74, 6) is 0.952. The molecular weight excluding hydrogens is 288 g/mol. The molecule has 2 aliphatic rings. The van der Waals surface area contributed by atoms with Gasteiger partial charge in [-0.25, -0.2) is 0 Å². The normalized spacial score (nSPS) is 26.4. The van der Waals surface area contributed by atoms with Gasteiger partial charge in [0.2, 0.25) is 11.8 Å². The number of benzene rings is 1. The molecule has 2 saturated heterocycles. The Labute approximate surface area is 138 Å². The highest BCUT2D eigenvalue weighted by atomic mass is 16.2. The zero-order valence-corrected chi connectivity index (χ0v) is 14.1. The molecule has 23 heavy (non-hydrogen) atoms. The van der Waals surface area contributed by atoms with Crippen LogP contribution in [0, 0.1) is 11.8 Å². The van der Waals surface area contributed by atoms with E-state index in [1.807, 2.05) is 42.3 Å². The molecule has 0 N–H and O–H groups in total. The zero-order valence-electron chi connectivity index (χ0n) is 14.1. The van der Waals surface area contributed by atoms with Crippen LogP contribution in [0.2, 0.25) is 0 Å². The lowest BCUT2D eigenvalue weighted by Crippen LogP contribution is -2.49. The third kappa shape index (κ3) is 3.26. The fraction of sp³-hybridized carbons (Fsp3) is 0.579. The first-order valence-electron chi connectivity index (χ1n) is 8.67. The van der Waals surface area contributed by atoms with E-state index in [9.17, 15) is 9.59 Å². The van der Waals surface area contributed by atoms with Crippen molar-refractivity contribution in [3.05, 3.63) is 35.9 Å². The van der Waals surface area contributed by atoms with Crippen molar-refractivity contribution in [3.63, 3.8) is 0 Å². The molecule has 2 aliphatic heterocycles. The second-order valence-corrected chi connectivity index (χ2v) is 7.01. The third-order valence-corrected chi connectivity index (χ3v) is 5.41. The number of carbonyl (C=O) groups excluding carboxylic acids is 2. The summed E-state index contributed by atoms with van der Waals surface area (Å²) in [6.45, 7) is 3.97. The Morgan fingerprint density at radius 1 is 1.09 bits per heavy atom. The van der Waals surface area contributed by atoms with E-state index in [4.69, 9.17) is 0 Å². The molecule has 0 radical (unpaired) electrons. The van der Waals surface area contributed by atoms with Crippen LogP contribution in [0.5, 0.6) is 0 Å². The van der Waals surface area contributed by atoms with E-state index >= 15 is 0 Å². The average Bonchev–Trinajstić information content (AvgIpc) is 2.58. The topological polar surface area (TPSA) is 40.6 Å². The SMILES string of the molecule is CC1CCN(C(=O)[C@@H]2CCC(=O)N(C)[C@@H]2c2ccccc2)CC1. The summed E-state index contributed by atoms with van der Waals surface area (Å²) in [6, 6.07) is 9.84. The summed E-state index contributed by atoms with van der Waals surface area (Å²) < 4.78 is 0. The van der Waals surface area contributed by atoms with Crippen LogP contribution in [-0.4, -0.2) is 41.8 Å². The Morgan fingerprint density at radius 3 is 2.39 bits per heavy atom. The fourth-order valence-electron chi connectivity index (χ4n) is 3.87. The van der Waals surface area contributed by atoms with Crippen LogP contribution in [0.25, 0.3) is 0 Å². The minimum atomic E-state index is -0.135. The van der Waals surface area contributed by atoms with E-state index in [0.717, 1.165) is 31.5 Å². The molecular formula is C19H26N2O2. The first-order chi connectivity index (χ1) is 11.1. The number of hydrogen-bond acceptors (Lipinski definition) is 2. The molecule has 0 saturated carbocycles. The molecule has 1 aromatic rings. The maximum atomic E-state index is 13.1. The van der Waals surface area contributed by atoms with Gasteiger partial charge in [0.1, 0.15) is 0 Å². The Bertz CT molecular complexity index is 564. The second-order valence-electron chi connectivity index (χ2n) is 7.01. The molecule has 4 heteroatoms. The predicted octanol–water partition coefficient (Wildman–Crippen LogP) is 2.85. The summed E-state index contributed by atoms with van der Waals surface area (Å²) in [5, 5.41) is 0. The van der Waals surface area contributed by atoms with Gasteiger partial charge in [0, 0.05) is 26.6 Å². The lowest BCUT2D eigenvalue weighted by molar-refractivity contribution is -0.147. The number of piperidine rings is 2. The molecule has 2 atom stereocenters. The van der Waals surface area contributed by atoms with Crippen LogP contribution in [0.1, 0.15) is 44.2 Å². The Hall–Kier alpha value is -1.84. The lowest BCUT2D eigenvalue weighted by Gasteiger charge is -2.41. The van der Waals surface area contributed by atoms with E-state index in [1.165, 1.54) is 0 Å². The van der Waals surface area contributed by atoms with E-state index in [1.54, 1.807) is 4.90 Å². The zero-order chi connectivity index (χ0) is 16.4. The van der Waals surface area contributed by atoms with Crippen LogP contribution in [0.3, 0.4) is 0 Å². The van der Waals surface area contributed by atoms with Crippen molar-refractivity contribution in [1.82, 2.24) is 9.80 Å². The molecule has 0 aromatic heterocycles. The number of hydrogen-bond donors (Lipinski definition) is 0. The van der Waals surface area contributed by atoms with Gasteiger partial charge in [0.15, 0.2) is 0 Å². The molecule has 124 valence electrons. The van der Waals surface area contributed by atoms with Crippen molar-refractivity contribution in [2.45, 2.75) is 38.6 Å². The Balaban J connectivity index is 1.83. The molecule has 0 bridgehead atoms. The molecule has 3 rings (SSSR count). The molecule has 4 nitrogen and oxygen atoms in total. The maximum absolute atomic E-state index is 13.1. The smallest absolute Gasteiger partial charge is 0.228 e. The number of rotatable bonds is 2. The van der Waals surface area contributed by atoms with Gasteiger partial charge >= 0.3 is 0 Å². The van der Waals surface area contributed by atoms with Crippen LogP contribution in [0.4, 0.5) is 0 Å². The first kappa shape index (κ1) is 16.0. The summed E-state index contributed by atoms with van der Waals surface area (Å²) in [5.41, 5.74) is 1.06. The Morgan fingerprint density at radius 2 is 1.74 bits per heavy atom. The van der Waals surface area contributed by atoms with Crippen molar-refractivity contribution < 1.29 is 9.59 Å². The first-order valence-corrected chi connectivity index (χ1v) is 8.67. The van der Waals surface area contributed by atoms with Gasteiger partial charge in [-0.2, -0.15) is 0 Å². The van der Waals surface area contributed by atoms with Crippen molar-refractivity contribution in [2.24, 2.45) is 11.8 Å². The number of nitrogens with zero attached hydrogens (tertiary/aromatic N) is 2. The van der Waals surface area contributed by atoms with Crippen LogP contribution < -0.4 is 0 Å². The lowest BCUT2D eigenvalue weighted by atomic mass is 9.83. The molecule has 2 heterocycles. The van der Waals surface area contributed by atoms with E-state index in [2.05, 4.69) is 6.92 Å². The highest BCUT2D eigenvalue weighted by Crippen LogP contribution is 2.37. The highest BCUT2D eigenvalue weighted by Gasteiger charge is 2.40. The number of likely N-dealkylation sites (tertiary alicyclic amines) is 2. The van der Waals surface area contributed by atoms with Gasteiger partial charge in [-0.15, -0.1) is 0 Å². The molecule has 0 spiro atoms. The standard InChI is InChI=1S/C19H26N2O2/c1-14-10-12-21(13-11-14)19(23)16-8-9-17(22)20(2)18(16)15-6-4-3-5-7-15/h3-7,14,16,18H,8-13H2,1-2H3/t16-,18-/m1/s1. The molecule has 0 unspecified atom stereocenters. The van der Waals surface area contributed by atoms with Crippen LogP contribution >= 0.6 is 0 Å². The number of amides is 2. The Kier molecular flexibility index (Phi) is 4.69. The minimum absolute atomic E-state index is 0.117.